The van der Waals surface area contributed by atoms with Crippen molar-refractivity contribution in [3.8, 4) is 0 Å². The van der Waals surface area contributed by atoms with Crippen molar-refractivity contribution >= 4 is 21.9 Å². The summed E-state index contributed by atoms with van der Waals surface area (Å²) >= 11 is 3.32. The summed E-state index contributed by atoms with van der Waals surface area (Å²) in [6.07, 6.45) is 4.34. The number of aliphatic hydroxyl groups excluding tert-OH is 1. The van der Waals surface area contributed by atoms with Gasteiger partial charge in [0.1, 0.15) is 0 Å². The lowest BCUT2D eigenvalue weighted by molar-refractivity contribution is 0.301. The number of rotatable bonds is 6. The molecule has 0 aliphatic heterocycles. The van der Waals surface area contributed by atoms with Crippen molar-refractivity contribution in [1.29, 1.82) is 0 Å². The van der Waals surface area contributed by atoms with Crippen LogP contribution in [-0.4, -0.2) is 34.8 Å². The van der Waals surface area contributed by atoms with Crippen molar-refractivity contribution in [3.63, 3.8) is 0 Å². The summed E-state index contributed by atoms with van der Waals surface area (Å²) in [6.45, 7) is 1.41. The Morgan fingerprint density at radius 2 is 1.74 bits per heavy atom. The highest BCUT2D eigenvalue weighted by atomic mass is 79.9. The fourth-order valence-corrected chi connectivity index (χ4v) is 2.01. The normalized spacial score (nSPS) is 10.4. The van der Waals surface area contributed by atoms with E-state index >= 15 is 0 Å². The van der Waals surface area contributed by atoms with E-state index in [1.165, 1.54) is 5.56 Å². The second-order valence-corrected chi connectivity index (χ2v) is 5.06. The van der Waals surface area contributed by atoms with Crippen LogP contribution in [0.5, 0.6) is 0 Å². The van der Waals surface area contributed by atoms with Gasteiger partial charge in [-0.15, -0.1) is 0 Å². The maximum atomic E-state index is 9.14. The standard InChI is InChI=1S/C14H16BrN3O/c15-13-10-16-14(17-11-13)18(8-9-19)7-6-12-4-2-1-3-5-12/h1-5,10-11,19H,6-9H2. The number of hydrogen-bond acceptors (Lipinski definition) is 4. The molecular formula is C14H16BrN3O. The molecule has 1 N–H and O–H groups in total. The molecule has 5 heteroatoms. The molecule has 0 radical (unpaired) electrons. The molecule has 0 aliphatic carbocycles. The molecule has 0 saturated carbocycles. The summed E-state index contributed by atoms with van der Waals surface area (Å²) < 4.78 is 0.850. The van der Waals surface area contributed by atoms with Crippen molar-refractivity contribution in [3.05, 3.63) is 52.8 Å². The van der Waals surface area contributed by atoms with Crippen LogP contribution in [0.4, 0.5) is 5.95 Å². The van der Waals surface area contributed by atoms with E-state index < -0.39 is 0 Å². The summed E-state index contributed by atoms with van der Waals surface area (Å²) in [5.74, 6) is 0.646. The van der Waals surface area contributed by atoms with Crippen LogP contribution < -0.4 is 4.90 Å². The molecule has 2 rings (SSSR count). The van der Waals surface area contributed by atoms with Gasteiger partial charge in [-0.2, -0.15) is 0 Å². The lowest BCUT2D eigenvalue weighted by Gasteiger charge is -2.21. The van der Waals surface area contributed by atoms with Crippen molar-refractivity contribution in [2.24, 2.45) is 0 Å². The quantitative estimate of drug-likeness (QED) is 0.886. The molecule has 4 nitrogen and oxygen atoms in total. The molecule has 100 valence electrons. The maximum Gasteiger partial charge on any atom is 0.225 e. The van der Waals surface area contributed by atoms with Gasteiger partial charge >= 0.3 is 0 Å². The van der Waals surface area contributed by atoms with Gasteiger partial charge in [-0.05, 0) is 27.9 Å². The molecule has 1 aromatic carbocycles. The molecule has 0 bridgehead atoms. The minimum absolute atomic E-state index is 0.0915. The monoisotopic (exact) mass is 321 g/mol. The summed E-state index contributed by atoms with van der Waals surface area (Å²) in [5, 5.41) is 9.14. The Hall–Kier alpha value is -1.46. The minimum Gasteiger partial charge on any atom is -0.395 e. The highest BCUT2D eigenvalue weighted by Crippen LogP contribution is 2.11. The van der Waals surface area contributed by atoms with Crippen LogP contribution in [0.2, 0.25) is 0 Å². The van der Waals surface area contributed by atoms with Crippen LogP contribution >= 0.6 is 15.9 Å². The third-order valence-corrected chi connectivity index (χ3v) is 3.18. The van der Waals surface area contributed by atoms with Crippen molar-refractivity contribution in [2.45, 2.75) is 6.42 Å². The number of benzene rings is 1. The Morgan fingerprint density at radius 1 is 1.05 bits per heavy atom. The highest BCUT2D eigenvalue weighted by Gasteiger charge is 2.08. The molecule has 1 aromatic heterocycles. The van der Waals surface area contributed by atoms with Crippen molar-refractivity contribution in [1.82, 2.24) is 9.97 Å². The minimum atomic E-state index is 0.0915. The molecular weight excluding hydrogens is 306 g/mol. The highest BCUT2D eigenvalue weighted by molar-refractivity contribution is 9.10. The number of anilines is 1. The summed E-state index contributed by atoms with van der Waals surface area (Å²) in [6, 6.07) is 10.3. The Morgan fingerprint density at radius 3 is 2.37 bits per heavy atom. The van der Waals surface area contributed by atoms with Gasteiger partial charge in [-0.25, -0.2) is 9.97 Å². The van der Waals surface area contributed by atoms with Gasteiger partial charge in [0.15, 0.2) is 0 Å². The predicted molar refractivity (Wildman–Crippen MR) is 79.2 cm³/mol. The number of halogens is 1. The van der Waals surface area contributed by atoms with Crippen LogP contribution in [0.3, 0.4) is 0 Å². The molecule has 0 saturated heterocycles. The third-order valence-electron chi connectivity index (χ3n) is 2.77. The molecule has 0 spiro atoms. The zero-order chi connectivity index (χ0) is 13.5. The Bertz CT molecular complexity index is 490. The second-order valence-electron chi connectivity index (χ2n) is 4.15. The molecule has 2 aromatic rings. The topological polar surface area (TPSA) is 49.2 Å². The van der Waals surface area contributed by atoms with Gasteiger partial charge < -0.3 is 10.0 Å². The first-order chi connectivity index (χ1) is 9.29. The van der Waals surface area contributed by atoms with Crippen LogP contribution in [0.1, 0.15) is 5.56 Å². The number of hydrogen-bond donors (Lipinski definition) is 1. The Kier molecular flexibility index (Phi) is 5.30. The second kappa shape index (κ2) is 7.21. The molecule has 0 atom stereocenters. The summed E-state index contributed by atoms with van der Waals surface area (Å²) in [4.78, 5) is 10.5. The Balaban J connectivity index is 2.02. The van der Waals surface area contributed by atoms with Gasteiger partial charge in [0.2, 0.25) is 5.95 Å². The van der Waals surface area contributed by atoms with Gasteiger partial charge in [0.05, 0.1) is 11.1 Å². The number of aliphatic hydroxyl groups is 1. The first-order valence-corrected chi connectivity index (χ1v) is 6.96. The van der Waals surface area contributed by atoms with Crippen molar-refractivity contribution in [2.75, 3.05) is 24.6 Å². The fourth-order valence-electron chi connectivity index (χ4n) is 1.81. The zero-order valence-corrected chi connectivity index (χ0v) is 12.1. The van der Waals surface area contributed by atoms with Gasteiger partial charge in [-0.1, -0.05) is 30.3 Å². The van der Waals surface area contributed by atoms with E-state index in [1.807, 2.05) is 23.1 Å². The lowest BCUT2D eigenvalue weighted by atomic mass is 10.1. The first kappa shape index (κ1) is 14.0. The van der Waals surface area contributed by atoms with E-state index in [0.717, 1.165) is 17.4 Å². The first-order valence-electron chi connectivity index (χ1n) is 6.17. The van der Waals surface area contributed by atoms with Crippen molar-refractivity contribution < 1.29 is 5.11 Å². The van der Waals surface area contributed by atoms with Crippen LogP contribution in [-0.2, 0) is 6.42 Å². The van der Waals surface area contributed by atoms with E-state index in [4.69, 9.17) is 5.11 Å². The predicted octanol–water partition coefficient (Wildman–Crippen LogP) is 2.28. The van der Waals surface area contributed by atoms with Crippen LogP contribution in [0.25, 0.3) is 0 Å². The average Bonchev–Trinajstić information content (AvgIpc) is 2.46. The SMILES string of the molecule is OCCN(CCc1ccccc1)c1ncc(Br)cn1. The summed E-state index contributed by atoms with van der Waals surface area (Å²) in [7, 11) is 0. The van der Waals surface area contributed by atoms with Gasteiger partial charge in [0, 0.05) is 25.5 Å². The molecule has 0 aliphatic rings. The lowest BCUT2D eigenvalue weighted by Crippen LogP contribution is -2.30. The van der Waals surface area contributed by atoms with E-state index in [9.17, 15) is 0 Å². The molecule has 0 fully saturated rings. The molecule has 0 unspecified atom stereocenters. The summed E-state index contributed by atoms with van der Waals surface area (Å²) in [5.41, 5.74) is 1.27. The fraction of sp³-hybridized carbons (Fsp3) is 0.286. The van der Waals surface area contributed by atoms with Gasteiger partial charge in [-0.3, -0.25) is 0 Å². The van der Waals surface area contributed by atoms with Gasteiger partial charge in [0.25, 0.3) is 0 Å². The van der Waals surface area contributed by atoms with E-state index in [0.29, 0.717) is 12.5 Å². The molecule has 19 heavy (non-hydrogen) atoms. The number of aromatic nitrogens is 2. The van der Waals surface area contributed by atoms with E-state index in [2.05, 4.69) is 38.0 Å². The Labute approximate surface area is 121 Å². The van der Waals surface area contributed by atoms with E-state index in [-0.39, 0.29) is 6.61 Å². The molecule has 1 heterocycles. The largest absolute Gasteiger partial charge is 0.395 e. The number of nitrogens with zero attached hydrogens (tertiary/aromatic N) is 3. The van der Waals surface area contributed by atoms with Crippen LogP contribution in [0.15, 0.2) is 47.2 Å². The third kappa shape index (κ3) is 4.29. The van der Waals surface area contributed by atoms with Crippen LogP contribution in [0, 0.1) is 0 Å². The maximum absolute atomic E-state index is 9.14. The van der Waals surface area contributed by atoms with E-state index in [1.54, 1.807) is 12.4 Å². The smallest absolute Gasteiger partial charge is 0.225 e. The molecule has 0 amide bonds. The average molecular weight is 322 g/mol. The zero-order valence-electron chi connectivity index (χ0n) is 10.5.